The van der Waals surface area contributed by atoms with Gasteiger partial charge < -0.3 is 14.1 Å². The Labute approximate surface area is 179 Å². The molecule has 3 aromatic rings. The van der Waals surface area contributed by atoms with Crippen LogP contribution in [0, 0.1) is 12.7 Å². The number of hydrogen-bond acceptors (Lipinski definition) is 5. The minimum Gasteiger partial charge on any atom is -0.464 e. The summed E-state index contributed by atoms with van der Waals surface area (Å²) < 4.78 is 25.8. The number of nitrogens with zero attached hydrogens (tertiary/aromatic N) is 3. The Balaban J connectivity index is 1.47. The summed E-state index contributed by atoms with van der Waals surface area (Å²) in [6.07, 6.45) is 3.43. The van der Waals surface area contributed by atoms with Crippen LogP contribution in [0.15, 0.2) is 40.8 Å². The average molecular weight is 425 g/mol. The van der Waals surface area contributed by atoms with Gasteiger partial charge in [0.05, 0.1) is 12.2 Å². The molecule has 8 heteroatoms. The van der Waals surface area contributed by atoms with E-state index in [1.807, 2.05) is 13.0 Å². The van der Waals surface area contributed by atoms with E-state index in [2.05, 4.69) is 5.10 Å². The van der Waals surface area contributed by atoms with Gasteiger partial charge in [0.1, 0.15) is 17.3 Å². The molecule has 2 heterocycles. The molecule has 4 rings (SSSR count). The number of esters is 1. The number of likely N-dealkylation sites (N-methyl/N-ethyl adjacent to an activating group) is 1. The van der Waals surface area contributed by atoms with Gasteiger partial charge in [-0.1, -0.05) is 0 Å². The monoisotopic (exact) mass is 425 g/mol. The summed E-state index contributed by atoms with van der Waals surface area (Å²) in [4.78, 5) is 26.6. The van der Waals surface area contributed by atoms with Crippen LogP contribution >= 0.6 is 0 Å². The molecule has 1 amide bonds. The highest BCUT2D eigenvalue weighted by molar-refractivity contribution is 5.91. The second-order valence-corrected chi connectivity index (χ2v) is 7.71. The Morgan fingerprint density at radius 1 is 1.16 bits per heavy atom. The van der Waals surface area contributed by atoms with E-state index in [0.717, 1.165) is 36.3 Å². The van der Waals surface area contributed by atoms with Crippen molar-refractivity contribution in [3.63, 3.8) is 0 Å². The zero-order chi connectivity index (χ0) is 22.0. The lowest BCUT2D eigenvalue weighted by Gasteiger charge is -2.16. The lowest BCUT2D eigenvalue weighted by molar-refractivity contribution is -0.134. The van der Waals surface area contributed by atoms with Crippen molar-refractivity contribution in [3.05, 3.63) is 70.7 Å². The van der Waals surface area contributed by atoms with E-state index >= 15 is 0 Å². The number of rotatable bonds is 6. The lowest BCUT2D eigenvalue weighted by atomic mass is 9.95. The van der Waals surface area contributed by atoms with Crippen molar-refractivity contribution in [1.82, 2.24) is 14.7 Å². The maximum absolute atomic E-state index is 13.3. The predicted octanol–water partition coefficient (Wildman–Crippen LogP) is 3.61. The smallest absolute Gasteiger partial charge is 0.359 e. The van der Waals surface area contributed by atoms with Gasteiger partial charge in [-0.25, -0.2) is 13.9 Å². The van der Waals surface area contributed by atoms with Crippen LogP contribution in [0.1, 0.15) is 46.1 Å². The number of furan rings is 1. The fourth-order valence-corrected chi connectivity index (χ4v) is 3.76. The van der Waals surface area contributed by atoms with Gasteiger partial charge in [-0.15, -0.1) is 0 Å². The van der Waals surface area contributed by atoms with Crippen molar-refractivity contribution in [2.45, 2.75) is 39.2 Å². The SMILES string of the molecule is Cc1ccc(CN(C)C(=O)COC(=O)c2nn(-c3ccc(F)cc3)c3c2CCCC3)o1. The first-order valence-corrected chi connectivity index (χ1v) is 10.3. The molecule has 7 nitrogen and oxygen atoms in total. The summed E-state index contributed by atoms with van der Waals surface area (Å²) >= 11 is 0. The molecular weight excluding hydrogens is 401 g/mol. The van der Waals surface area contributed by atoms with Gasteiger partial charge in [0.25, 0.3) is 5.91 Å². The molecule has 2 aromatic heterocycles. The first-order valence-electron chi connectivity index (χ1n) is 10.3. The molecule has 0 N–H and O–H groups in total. The molecule has 0 fully saturated rings. The van der Waals surface area contributed by atoms with Crippen LogP contribution in [0.4, 0.5) is 4.39 Å². The molecule has 0 aliphatic heterocycles. The zero-order valence-corrected chi connectivity index (χ0v) is 17.6. The van der Waals surface area contributed by atoms with Crippen LogP contribution in [0.3, 0.4) is 0 Å². The number of fused-ring (bicyclic) bond motifs is 1. The third-order valence-corrected chi connectivity index (χ3v) is 5.39. The number of aryl methyl sites for hydroxylation is 1. The number of carbonyl (C=O) groups excluding carboxylic acids is 2. The van der Waals surface area contributed by atoms with Crippen molar-refractivity contribution in [2.24, 2.45) is 0 Å². The van der Waals surface area contributed by atoms with E-state index in [1.54, 1.807) is 29.9 Å². The molecule has 31 heavy (non-hydrogen) atoms. The van der Waals surface area contributed by atoms with E-state index in [1.165, 1.54) is 17.0 Å². The summed E-state index contributed by atoms with van der Waals surface area (Å²) in [5.74, 6) is 0.121. The van der Waals surface area contributed by atoms with Gasteiger partial charge in [0.2, 0.25) is 0 Å². The molecule has 0 unspecified atom stereocenters. The van der Waals surface area contributed by atoms with Gasteiger partial charge in [0, 0.05) is 18.3 Å². The molecule has 162 valence electrons. The molecule has 0 saturated heterocycles. The summed E-state index contributed by atoms with van der Waals surface area (Å²) in [5.41, 5.74) is 2.67. The van der Waals surface area contributed by atoms with Crippen LogP contribution < -0.4 is 0 Å². The summed E-state index contributed by atoms with van der Waals surface area (Å²) in [6.45, 7) is 1.74. The standard InChI is InChI=1S/C23H24FN3O4/c1-15-7-12-18(31-15)13-26(2)21(28)14-30-23(29)22-19-5-3-4-6-20(19)27(25-22)17-10-8-16(24)9-11-17/h7-12H,3-6,13-14H2,1-2H3. The number of hydrogen-bond donors (Lipinski definition) is 0. The van der Waals surface area contributed by atoms with Crippen molar-refractivity contribution >= 4 is 11.9 Å². The van der Waals surface area contributed by atoms with Gasteiger partial charge in [-0.2, -0.15) is 5.10 Å². The maximum atomic E-state index is 13.3. The van der Waals surface area contributed by atoms with Crippen molar-refractivity contribution in [1.29, 1.82) is 0 Å². The van der Waals surface area contributed by atoms with Gasteiger partial charge in [-0.05, 0) is 69.0 Å². The van der Waals surface area contributed by atoms with E-state index in [-0.39, 0.29) is 24.0 Å². The minimum absolute atomic E-state index is 0.219. The molecule has 1 aliphatic rings. The Hall–Kier alpha value is -3.42. The Morgan fingerprint density at radius 3 is 2.61 bits per heavy atom. The second kappa shape index (κ2) is 8.75. The Bertz CT molecular complexity index is 1100. The van der Waals surface area contributed by atoms with Crippen LogP contribution in [-0.4, -0.2) is 40.2 Å². The molecule has 0 atom stereocenters. The highest BCUT2D eigenvalue weighted by Gasteiger charge is 2.27. The molecule has 1 aliphatic carbocycles. The largest absolute Gasteiger partial charge is 0.464 e. The molecule has 0 spiro atoms. The average Bonchev–Trinajstić information content (AvgIpc) is 3.36. The number of benzene rings is 1. The van der Waals surface area contributed by atoms with E-state index in [9.17, 15) is 14.0 Å². The normalized spacial score (nSPS) is 13.0. The van der Waals surface area contributed by atoms with Crippen molar-refractivity contribution in [2.75, 3.05) is 13.7 Å². The first kappa shape index (κ1) is 20.8. The number of halogens is 1. The third kappa shape index (κ3) is 4.52. The number of aromatic nitrogens is 2. The number of amides is 1. The highest BCUT2D eigenvalue weighted by Crippen LogP contribution is 2.27. The molecular formula is C23H24FN3O4. The minimum atomic E-state index is -0.630. The van der Waals surface area contributed by atoms with Crippen LogP contribution in [0.2, 0.25) is 0 Å². The molecule has 0 bridgehead atoms. The van der Waals surface area contributed by atoms with E-state index < -0.39 is 5.97 Å². The topological polar surface area (TPSA) is 77.6 Å². The van der Waals surface area contributed by atoms with Gasteiger partial charge >= 0.3 is 5.97 Å². The number of carbonyl (C=O) groups is 2. The summed E-state index contributed by atoms with van der Waals surface area (Å²) in [6, 6.07) is 9.61. The van der Waals surface area contributed by atoms with E-state index in [0.29, 0.717) is 24.4 Å². The maximum Gasteiger partial charge on any atom is 0.359 e. The third-order valence-electron chi connectivity index (χ3n) is 5.39. The quantitative estimate of drug-likeness (QED) is 0.564. The molecule has 0 saturated carbocycles. The predicted molar refractivity (Wildman–Crippen MR) is 110 cm³/mol. The van der Waals surface area contributed by atoms with Crippen molar-refractivity contribution in [3.8, 4) is 5.69 Å². The van der Waals surface area contributed by atoms with Crippen LogP contribution in [0.25, 0.3) is 5.69 Å². The number of ether oxygens (including phenoxy) is 1. The fourth-order valence-electron chi connectivity index (χ4n) is 3.76. The second-order valence-electron chi connectivity index (χ2n) is 7.71. The Morgan fingerprint density at radius 2 is 1.90 bits per heavy atom. The summed E-state index contributed by atoms with van der Waals surface area (Å²) in [7, 11) is 1.62. The van der Waals surface area contributed by atoms with Crippen LogP contribution in [0.5, 0.6) is 0 Å². The Kier molecular flexibility index (Phi) is 5.88. The molecule has 1 aromatic carbocycles. The summed E-state index contributed by atoms with van der Waals surface area (Å²) in [5, 5.41) is 4.46. The first-order chi connectivity index (χ1) is 14.9. The zero-order valence-electron chi connectivity index (χ0n) is 17.6. The lowest BCUT2D eigenvalue weighted by Crippen LogP contribution is -2.30. The van der Waals surface area contributed by atoms with Crippen LogP contribution in [-0.2, 0) is 28.9 Å². The molecule has 0 radical (unpaired) electrons. The van der Waals surface area contributed by atoms with E-state index in [4.69, 9.17) is 9.15 Å². The van der Waals surface area contributed by atoms with Gasteiger partial charge in [0.15, 0.2) is 12.3 Å². The fraction of sp³-hybridized carbons (Fsp3) is 0.348. The van der Waals surface area contributed by atoms with Gasteiger partial charge in [-0.3, -0.25) is 4.79 Å². The highest BCUT2D eigenvalue weighted by atomic mass is 19.1. The van der Waals surface area contributed by atoms with Crippen molar-refractivity contribution < 1.29 is 23.1 Å².